The Hall–Kier alpha value is -3.98. The van der Waals surface area contributed by atoms with E-state index in [4.69, 9.17) is 0 Å². The van der Waals surface area contributed by atoms with Gasteiger partial charge in [-0.2, -0.15) is 5.10 Å². The van der Waals surface area contributed by atoms with Crippen molar-refractivity contribution in [2.24, 2.45) is 5.41 Å². The van der Waals surface area contributed by atoms with E-state index in [0.717, 1.165) is 18.4 Å². The first-order chi connectivity index (χ1) is 18.9. The molecule has 2 saturated heterocycles. The van der Waals surface area contributed by atoms with Crippen LogP contribution in [0.5, 0.6) is 0 Å². The van der Waals surface area contributed by atoms with E-state index >= 15 is 0 Å². The fourth-order valence-corrected chi connectivity index (χ4v) is 6.02. The van der Waals surface area contributed by atoms with Crippen molar-refractivity contribution < 1.29 is 14.7 Å². The summed E-state index contributed by atoms with van der Waals surface area (Å²) in [5, 5.41) is 15.6. The normalized spacial score (nSPS) is 24.4. The number of hydrogen-bond donors (Lipinski definition) is 1. The van der Waals surface area contributed by atoms with Crippen molar-refractivity contribution in [1.82, 2.24) is 24.0 Å². The summed E-state index contributed by atoms with van der Waals surface area (Å²) in [7, 11) is 0. The maximum atomic E-state index is 14.1. The molecule has 2 fully saturated rings. The zero-order chi connectivity index (χ0) is 27.0. The van der Waals surface area contributed by atoms with Gasteiger partial charge in [0.15, 0.2) is 5.41 Å². The van der Waals surface area contributed by atoms with Gasteiger partial charge in [0.2, 0.25) is 11.8 Å². The zero-order valence-corrected chi connectivity index (χ0v) is 21.9. The van der Waals surface area contributed by atoms with Crippen LogP contribution in [0.2, 0.25) is 0 Å². The number of allylic oxidation sites excluding steroid dienone is 2. The average molecular weight is 528 g/mol. The summed E-state index contributed by atoms with van der Waals surface area (Å²) in [6, 6.07) is 13.5. The number of aromatic nitrogens is 3. The SMILES string of the molecule is O=C(N1CCCC1)C1(C(=O)N2CCC(O)(Cn3cnn4cccc4c3=O)CC2)C=CC(c2ccccc2)C=C1. The second-order valence-electron chi connectivity index (χ2n) is 10.9. The van der Waals surface area contributed by atoms with Crippen molar-refractivity contribution in [2.45, 2.75) is 43.7 Å². The monoisotopic (exact) mass is 527 g/mol. The molecule has 1 N–H and O–H groups in total. The predicted molar refractivity (Wildman–Crippen MR) is 146 cm³/mol. The van der Waals surface area contributed by atoms with E-state index in [1.807, 2.05) is 42.5 Å². The van der Waals surface area contributed by atoms with Crippen molar-refractivity contribution in [1.29, 1.82) is 0 Å². The maximum Gasteiger partial charge on any atom is 0.277 e. The lowest BCUT2D eigenvalue weighted by Crippen LogP contribution is -2.56. The second-order valence-corrected chi connectivity index (χ2v) is 10.9. The lowest BCUT2D eigenvalue weighted by molar-refractivity contribution is -0.152. The van der Waals surface area contributed by atoms with Crippen molar-refractivity contribution in [2.75, 3.05) is 26.2 Å². The van der Waals surface area contributed by atoms with Crippen LogP contribution in [0, 0.1) is 5.41 Å². The zero-order valence-electron chi connectivity index (χ0n) is 21.9. The molecule has 0 atom stereocenters. The summed E-state index contributed by atoms with van der Waals surface area (Å²) in [5.74, 6) is -0.438. The van der Waals surface area contributed by atoms with Crippen LogP contribution in [0.25, 0.3) is 5.52 Å². The Morgan fingerprint density at radius 3 is 2.21 bits per heavy atom. The van der Waals surface area contributed by atoms with Gasteiger partial charge in [-0.1, -0.05) is 54.6 Å². The molecule has 0 bridgehead atoms. The predicted octanol–water partition coefficient (Wildman–Crippen LogP) is 2.37. The van der Waals surface area contributed by atoms with Crippen LogP contribution < -0.4 is 5.56 Å². The highest BCUT2D eigenvalue weighted by molar-refractivity contribution is 6.09. The quantitative estimate of drug-likeness (QED) is 0.406. The Kier molecular flexibility index (Phi) is 6.46. The molecule has 2 aromatic heterocycles. The number of carbonyl (C=O) groups is 2. The third kappa shape index (κ3) is 4.61. The maximum absolute atomic E-state index is 14.1. The van der Waals surface area contributed by atoms with E-state index in [1.54, 1.807) is 40.3 Å². The number of hydrogen-bond acceptors (Lipinski definition) is 5. The standard InChI is InChI=1S/C30H33N5O4/c36-26-25-9-6-18-35(25)31-22-34(26)21-29(39)14-19-33(20-15-29)28(38)30(27(37)32-16-4-5-17-32)12-10-24(11-13-30)23-7-2-1-3-8-23/h1-3,6-13,18,22,24,39H,4-5,14-17,19-21H2. The lowest BCUT2D eigenvalue weighted by Gasteiger charge is -2.42. The third-order valence-electron chi connectivity index (χ3n) is 8.39. The van der Waals surface area contributed by atoms with Gasteiger partial charge in [0.05, 0.1) is 12.1 Å². The van der Waals surface area contributed by atoms with E-state index in [2.05, 4.69) is 5.10 Å². The average Bonchev–Trinajstić information content (AvgIpc) is 3.68. The van der Waals surface area contributed by atoms with E-state index in [-0.39, 0.29) is 29.8 Å². The summed E-state index contributed by atoms with van der Waals surface area (Å²) in [6.07, 6.45) is 13.1. The summed E-state index contributed by atoms with van der Waals surface area (Å²) in [6.45, 7) is 2.00. The van der Waals surface area contributed by atoms with Crippen molar-refractivity contribution >= 4 is 17.3 Å². The minimum Gasteiger partial charge on any atom is -0.388 e. The number of piperidine rings is 1. The molecule has 39 heavy (non-hydrogen) atoms. The Labute approximate surface area is 226 Å². The molecule has 4 heterocycles. The number of likely N-dealkylation sites (tertiary alicyclic amines) is 2. The van der Waals surface area contributed by atoms with Gasteiger partial charge >= 0.3 is 0 Å². The summed E-state index contributed by atoms with van der Waals surface area (Å²) in [4.78, 5) is 44.2. The number of aliphatic hydroxyl groups is 1. The molecular weight excluding hydrogens is 494 g/mol. The molecule has 3 aliphatic rings. The number of nitrogens with zero attached hydrogens (tertiary/aromatic N) is 5. The van der Waals surface area contributed by atoms with E-state index < -0.39 is 11.0 Å². The molecular formula is C30H33N5O4. The largest absolute Gasteiger partial charge is 0.388 e. The number of fused-ring (bicyclic) bond motifs is 1. The highest BCUT2D eigenvalue weighted by Gasteiger charge is 2.49. The van der Waals surface area contributed by atoms with Crippen molar-refractivity contribution in [3.63, 3.8) is 0 Å². The number of rotatable bonds is 5. The second kappa shape index (κ2) is 9.96. The molecule has 2 amide bonds. The molecule has 0 saturated carbocycles. The molecule has 2 aliphatic heterocycles. The van der Waals surface area contributed by atoms with E-state index in [1.165, 1.54) is 15.4 Å². The van der Waals surface area contributed by atoms with Gasteiger partial charge < -0.3 is 14.9 Å². The molecule has 3 aromatic rings. The topological polar surface area (TPSA) is 100 Å². The Morgan fingerprint density at radius 2 is 1.54 bits per heavy atom. The number of benzene rings is 1. The molecule has 9 heteroatoms. The van der Waals surface area contributed by atoms with Gasteiger partial charge in [0, 0.05) is 38.3 Å². The van der Waals surface area contributed by atoms with Crippen LogP contribution in [0.4, 0.5) is 0 Å². The van der Waals surface area contributed by atoms with Crippen LogP contribution in [0.1, 0.15) is 37.2 Å². The third-order valence-corrected chi connectivity index (χ3v) is 8.39. The summed E-state index contributed by atoms with van der Waals surface area (Å²) < 4.78 is 2.94. The number of carbonyl (C=O) groups excluding carboxylic acids is 2. The minimum atomic E-state index is -1.38. The van der Waals surface area contributed by atoms with Crippen molar-refractivity contribution in [3.8, 4) is 0 Å². The smallest absolute Gasteiger partial charge is 0.277 e. The molecule has 1 aromatic carbocycles. The van der Waals surface area contributed by atoms with Gasteiger partial charge in [-0.3, -0.25) is 19.0 Å². The number of amides is 2. The van der Waals surface area contributed by atoms with Gasteiger partial charge in [-0.15, -0.1) is 0 Å². The van der Waals surface area contributed by atoms with Gasteiger partial charge in [-0.05, 0) is 43.4 Å². The first-order valence-electron chi connectivity index (χ1n) is 13.7. The molecule has 0 unspecified atom stereocenters. The Balaban J connectivity index is 1.21. The van der Waals surface area contributed by atoms with Crippen LogP contribution in [0.3, 0.4) is 0 Å². The van der Waals surface area contributed by atoms with Gasteiger partial charge in [0.25, 0.3) is 5.56 Å². The van der Waals surface area contributed by atoms with Crippen LogP contribution >= 0.6 is 0 Å². The van der Waals surface area contributed by atoms with Crippen molar-refractivity contribution in [3.05, 3.63) is 95.2 Å². The van der Waals surface area contributed by atoms with Crippen LogP contribution in [-0.2, 0) is 16.1 Å². The first kappa shape index (κ1) is 25.3. The molecule has 0 spiro atoms. The Morgan fingerprint density at radius 1 is 0.897 bits per heavy atom. The van der Waals surface area contributed by atoms with E-state index in [0.29, 0.717) is 44.5 Å². The summed E-state index contributed by atoms with van der Waals surface area (Å²) >= 11 is 0. The van der Waals surface area contributed by atoms with E-state index in [9.17, 15) is 19.5 Å². The molecule has 1 aliphatic carbocycles. The molecule has 0 radical (unpaired) electrons. The van der Waals surface area contributed by atoms with Gasteiger partial charge in [0.1, 0.15) is 11.8 Å². The molecule has 9 nitrogen and oxygen atoms in total. The molecule has 202 valence electrons. The fraction of sp³-hybridized carbons (Fsp3) is 0.400. The Bertz CT molecular complexity index is 1480. The first-order valence-corrected chi connectivity index (χ1v) is 13.7. The highest BCUT2D eigenvalue weighted by atomic mass is 16.3. The fourth-order valence-electron chi connectivity index (χ4n) is 6.02. The molecule has 6 rings (SSSR count). The van der Waals surface area contributed by atoms with Crippen LogP contribution in [0.15, 0.2) is 84.1 Å². The lowest BCUT2D eigenvalue weighted by atomic mass is 9.77. The van der Waals surface area contributed by atoms with Crippen LogP contribution in [-0.4, -0.2) is 72.7 Å². The summed E-state index contributed by atoms with van der Waals surface area (Å²) in [5.41, 5.74) is -1.21. The van der Waals surface area contributed by atoms with Gasteiger partial charge in [-0.25, -0.2) is 4.52 Å². The minimum absolute atomic E-state index is 0.00481. The highest BCUT2D eigenvalue weighted by Crippen LogP contribution is 2.37.